The van der Waals surface area contributed by atoms with Gasteiger partial charge in [-0.25, -0.2) is 4.74 Å². The number of hydrogen-bond acceptors (Lipinski definition) is 3. The van der Waals surface area contributed by atoms with Gasteiger partial charge in [0.05, 0.1) is 0 Å². The smallest absolute Gasteiger partial charge is 0.333 e. The standard InChI is InChI=1S/C2H2F2O3/c3-1(5)2(4,6)7-1/h5-6H. The fourth-order valence-corrected chi connectivity index (χ4v) is 0.154. The molecule has 42 valence electrons. The molecule has 2 atom stereocenters. The molecule has 0 radical (unpaired) electrons. The van der Waals surface area contributed by atoms with Crippen LogP contribution in [0.15, 0.2) is 0 Å². The van der Waals surface area contributed by atoms with E-state index in [0.29, 0.717) is 0 Å². The topological polar surface area (TPSA) is 53.0 Å². The van der Waals surface area contributed by atoms with E-state index in [1.54, 1.807) is 0 Å². The molecule has 2 N–H and O–H groups in total. The van der Waals surface area contributed by atoms with Gasteiger partial charge in [0.25, 0.3) is 0 Å². The molecule has 7 heavy (non-hydrogen) atoms. The zero-order valence-corrected chi connectivity index (χ0v) is 3.06. The predicted octanol–water partition coefficient (Wildman–Crippen LogP) is -0.752. The summed E-state index contributed by atoms with van der Waals surface area (Å²) in [5.74, 6) is 0. The van der Waals surface area contributed by atoms with Crippen LogP contribution in [-0.2, 0) is 4.74 Å². The molecule has 2 unspecified atom stereocenters. The molecular formula is C2H2F2O3. The molecule has 0 spiro atoms. The van der Waals surface area contributed by atoms with Gasteiger partial charge in [0, 0.05) is 0 Å². The number of ether oxygens (including phenoxy) is 1. The van der Waals surface area contributed by atoms with Crippen molar-refractivity contribution in [2.75, 3.05) is 0 Å². The quantitative estimate of drug-likeness (QED) is 0.405. The monoisotopic (exact) mass is 112 g/mol. The van der Waals surface area contributed by atoms with E-state index in [4.69, 9.17) is 10.2 Å². The second-order valence-corrected chi connectivity index (χ2v) is 1.22. The van der Waals surface area contributed by atoms with Gasteiger partial charge in [0.1, 0.15) is 0 Å². The third-order valence-electron chi connectivity index (χ3n) is 0.609. The SMILES string of the molecule is OC1(F)OC1(O)F. The highest BCUT2D eigenvalue weighted by Crippen LogP contribution is 2.45. The van der Waals surface area contributed by atoms with Crippen LogP contribution < -0.4 is 0 Å². The Balaban J connectivity index is 2.59. The lowest BCUT2D eigenvalue weighted by Crippen LogP contribution is -2.14. The second kappa shape index (κ2) is 0.795. The second-order valence-electron chi connectivity index (χ2n) is 1.22. The number of alkyl halides is 2. The first kappa shape index (κ1) is 4.89. The van der Waals surface area contributed by atoms with Gasteiger partial charge in [0.2, 0.25) is 0 Å². The average molecular weight is 112 g/mol. The maximum Gasteiger partial charge on any atom is 0.411 e. The van der Waals surface area contributed by atoms with E-state index in [1.165, 1.54) is 0 Å². The van der Waals surface area contributed by atoms with Crippen LogP contribution in [0.2, 0.25) is 0 Å². The molecule has 3 nitrogen and oxygen atoms in total. The van der Waals surface area contributed by atoms with Crippen molar-refractivity contribution in [2.45, 2.75) is 12.1 Å². The number of hydrogen-bond donors (Lipinski definition) is 2. The first-order valence-corrected chi connectivity index (χ1v) is 1.48. The van der Waals surface area contributed by atoms with E-state index in [9.17, 15) is 8.78 Å². The van der Waals surface area contributed by atoms with Crippen molar-refractivity contribution in [3.8, 4) is 0 Å². The Morgan fingerprint density at radius 2 is 1.29 bits per heavy atom. The Morgan fingerprint density at radius 1 is 1.14 bits per heavy atom. The zero-order valence-electron chi connectivity index (χ0n) is 3.06. The van der Waals surface area contributed by atoms with E-state index >= 15 is 0 Å². The Kier molecular flexibility index (Phi) is 0.555. The van der Waals surface area contributed by atoms with Crippen LogP contribution in [0.1, 0.15) is 0 Å². The minimum Gasteiger partial charge on any atom is -0.333 e. The van der Waals surface area contributed by atoms with Gasteiger partial charge < -0.3 is 10.2 Å². The fourth-order valence-electron chi connectivity index (χ4n) is 0.154. The molecule has 0 aromatic carbocycles. The van der Waals surface area contributed by atoms with E-state index < -0.39 is 12.1 Å². The lowest BCUT2D eigenvalue weighted by Gasteiger charge is -1.85. The third-order valence-corrected chi connectivity index (χ3v) is 0.609. The van der Waals surface area contributed by atoms with Gasteiger partial charge in [-0.05, 0) is 0 Å². The maximum atomic E-state index is 11.3. The number of rotatable bonds is 0. The molecule has 1 rings (SSSR count). The van der Waals surface area contributed by atoms with Crippen LogP contribution >= 0.6 is 0 Å². The molecule has 5 heteroatoms. The van der Waals surface area contributed by atoms with Crippen molar-refractivity contribution in [3.63, 3.8) is 0 Å². The molecule has 0 aromatic heterocycles. The summed E-state index contributed by atoms with van der Waals surface area (Å²) in [6.07, 6.45) is 0. The molecule has 1 fully saturated rings. The van der Waals surface area contributed by atoms with Crippen molar-refractivity contribution < 1.29 is 23.7 Å². The predicted molar refractivity (Wildman–Crippen MR) is 13.2 cm³/mol. The van der Waals surface area contributed by atoms with Crippen molar-refractivity contribution in [2.24, 2.45) is 0 Å². The van der Waals surface area contributed by atoms with Crippen LogP contribution in [0.3, 0.4) is 0 Å². The number of halogens is 2. The van der Waals surface area contributed by atoms with E-state index in [2.05, 4.69) is 4.74 Å². The highest BCUT2D eigenvalue weighted by molar-refractivity contribution is 4.80. The third kappa shape index (κ3) is 0.495. The van der Waals surface area contributed by atoms with Crippen LogP contribution in [0, 0.1) is 0 Å². The molecule has 1 heterocycles. The van der Waals surface area contributed by atoms with Gasteiger partial charge in [-0.15, -0.1) is 0 Å². The molecule has 0 saturated carbocycles. The minimum atomic E-state index is -3.47. The van der Waals surface area contributed by atoms with Crippen molar-refractivity contribution in [3.05, 3.63) is 0 Å². The highest BCUT2D eigenvalue weighted by Gasteiger charge is 2.75. The Labute approximate surface area is 37.1 Å². The van der Waals surface area contributed by atoms with E-state index in [-0.39, 0.29) is 0 Å². The summed E-state index contributed by atoms with van der Waals surface area (Å²) in [6, 6.07) is -6.93. The summed E-state index contributed by atoms with van der Waals surface area (Å²) in [4.78, 5) is 0. The van der Waals surface area contributed by atoms with Crippen molar-refractivity contribution in [1.82, 2.24) is 0 Å². The van der Waals surface area contributed by atoms with Crippen LogP contribution in [-0.4, -0.2) is 22.3 Å². The first-order chi connectivity index (χ1) is 2.96. The summed E-state index contributed by atoms with van der Waals surface area (Å²) in [5.41, 5.74) is 0. The molecule has 0 aliphatic carbocycles. The average Bonchev–Trinajstić information content (AvgIpc) is 1.63. The summed E-state index contributed by atoms with van der Waals surface area (Å²) < 4.78 is 25.6. The molecule has 0 bridgehead atoms. The molecule has 0 amide bonds. The van der Waals surface area contributed by atoms with Gasteiger partial charge in [-0.2, -0.15) is 8.78 Å². The number of epoxide rings is 1. The molecule has 0 aromatic rings. The van der Waals surface area contributed by atoms with E-state index in [0.717, 1.165) is 0 Å². The molecule has 1 aliphatic heterocycles. The largest absolute Gasteiger partial charge is 0.411 e. The van der Waals surface area contributed by atoms with Gasteiger partial charge >= 0.3 is 12.1 Å². The maximum absolute atomic E-state index is 11.3. The highest BCUT2D eigenvalue weighted by atomic mass is 19.2. The van der Waals surface area contributed by atoms with E-state index in [1.807, 2.05) is 0 Å². The normalized spacial score (nSPS) is 60.0. The summed E-state index contributed by atoms with van der Waals surface area (Å²) in [6.45, 7) is 0. The number of aliphatic hydroxyl groups is 2. The lowest BCUT2D eigenvalue weighted by molar-refractivity contribution is -0.128. The van der Waals surface area contributed by atoms with Crippen LogP contribution in [0.4, 0.5) is 8.78 Å². The summed E-state index contributed by atoms with van der Waals surface area (Å²) in [7, 11) is 0. The van der Waals surface area contributed by atoms with Gasteiger partial charge in [-0.1, -0.05) is 0 Å². The molecular weight excluding hydrogens is 110 g/mol. The summed E-state index contributed by atoms with van der Waals surface area (Å²) in [5, 5.41) is 15.3. The van der Waals surface area contributed by atoms with Crippen LogP contribution in [0.25, 0.3) is 0 Å². The van der Waals surface area contributed by atoms with Crippen molar-refractivity contribution in [1.29, 1.82) is 0 Å². The minimum absolute atomic E-state index is 3.07. The van der Waals surface area contributed by atoms with Crippen LogP contribution in [0.5, 0.6) is 0 Å². The Hall–Kier alpha value is -0.260. The summed E-state index contributed by atoms with van der Waals surface area (Å²) >= 11 is 0. The lowest BCUT2D eigenvalue weighted by atomic mass is 10.7. The van der Waals surface area contributed by atoms with Gasteiger partial charge in [0.15, 0.2) is 0 Å². The van der Waals surface area contributed by atoms with Crippen molar-refractivity contribution >= 4 is 0 Å². The first-order valence-electron chi connectivity index (χ1n) is 1.48. The molecule has 1 aliphatic rings. The van der Waals surface area contributed by atoms with Gasteiger partial charge in [-0.3, -0.25) is 0 Å². The fraction of sp³-hybridized carbons (Fsp3) is 1.00. The Bertz CT molecular complexity index is 87.1. The molecule has 1 saturated heterocycles. The zero-order chi connectivity index (χ0) is 5.71. The Morgan fingerprint density at radius 3 is 1.29 bits per heavy atom.